The second-order valence-electron chi connectivity index (χ2n) is 1.78. The highest BCUT2D eigenvalue weighted by atomic mass is 79.9. The lowest BCUT2D eigenvalue weighted by Gasteiger charge is -2.06. The van der Waals surface area contributed by atoms with E-state index in [9.17, 15) is 0 Å². The Balaban J connectivity index is 2.63. The van der Waals surface area contributed by atoms with E-state index in [1.165, 1.54) is 0 Å². The monoisotopic (exact) mass is 187 g/mol. The highest BCUT2D eigenvalue weighted by Gasteiger charge is 2.00. The van der Waals surface area contributed by atoms with Crippen LogP contribution in [0.2, 0.25) is 0 Å². The molecule has 0 aliphatic heterocycles. The molecule has 49 valence electrons. The summed E-state index contributed by atoms with van der Waals surface area (Å²) in [5.41, 5.74) is 0. The molecule has 9 heavy (non-hydrogen) atoms. The zero-order valence-corrected chi connectivity index (χ0v) is 6.81. The third-order valence-electron chi connectivity index (χ3n) is 1.15. The van der Waals surface area contributed by atoms with Crippen LogP contribution >= 0.6 is 15.9 Å². The van der Waals surface area contributed by atoms with Gasteiger partial charge in [-0.05, 0) is 18.6 Å². The van der Waals surface area contributed by atoms with Gasteiger partial charge in [-0.3, -0.25) is 0 Å². The average Bonchev–Trinajstić information content (AvgIpc) is 1.88. The summed E-state index contributed by atoms with van der Waals surface area (Å²) >= 11 is 3.35. The number of allylic oxidation sites excluding steroid dienone is 3. The molecule has 0 N–H and O–H groups in total. The van der Waals surface area contributed by atoms with Crippen LogP contribution < -0.4 is 0 Å². The molecule has 0 saturated carbocycles. The van der Waals surface area contributed by atoms with E-state index in [1.807, 2.05) is 12.2 Å². The second-order valence-corrected chi connectivity index (χ2v) is 2.70. The Hall–Kier alpha value is -0.240. The summed E-state index contributed by atoms with van der Waals surface area (Å²) in [6.07, 6.45) is 7.02. The first-order chi connectivity index (χ1) is 4.33. The van der Waals surface area contributed by atoms with Crippen LogP contribution in [0.15, 0.2) is 22.4 Å². The van der Waals surface area contributed by atoms with Crippen LogP contribution in [-0.4, -0.2) is 7.11 Å². The van der Waals surface area contributed by atoms with Gasteiger partial charge in [-0.25, -0.2) is 0 Å². The maximum absolute atomic E-state index is 5.00. The number of hydrogen-bond donors (Lipinski definition) is 0. The van der Waals surface area contributed by atoms with E-state index in [-0.39, 0.29) is 0 Å². The lowest BCUT2D eigenvalue weighted by molar-refractivity contribution is 0.304. The average molecular weight is 188 g/mol. The van der Waals surface area contributed by atoms with Gasteiger partial charge in [0.05, 0.1) is 7.11 Å². The predicted octanol–water partition coefficient (Wildman–Crippen LogP) is 2.40. The minimum atomic E-state index is 0.935. The van der Waals surface area contributed by atoms with Crippen molar-refractivity contribution in [2.45, 2.75) is 6.42 Å². The summed E-state index contributed by atoms with van der Waals surface area (Å²) in [6, 6.07) is 0. The van der Waals surface area contributed by atoms with Crippen molar-refractivity contribution >= 4 is 15.9 Å². The Labute approximate surface area is 63.5 Å². The van der Waals surface area contributed by atoms with Gasteiger partial charge >= 0.3 is 0 Å². The Morgan fingerprint density at radius 1 is 1.67 bits per heavy atom. The SMILES string of the molecule is COC1=CC[CH]C(Br)=C1. The molecule has 0 aromatic carbocycles. The molecular weight excluding hydrogens is 180 g/mol. The van der Waals surface area contributed by atoms with Gasteiger partial charge in [0.2, 0.25) is 0 Å². The van der Waals surface area contributed by atoms with E-state index < -0.39 is 0 Å². The lowest BCUT2D eigenvalue weighted by atomic mass is 10.2. The van der Waals surface area contributed by atoms with Gasteiger partial charge in [0.15, 0.2) is 0 Å². The van der Waals surface area contributed by atoms with Gasteiger partial charge in [0.1, 0.15) is 5.76 Å². The Morgan fingerprint density at radius 2 is 2.44 bits per heavy atom. The smallest absolute Gasteiger partial charge is 0.115 e. The first kappa shape index (κ1) is 6.87. The predicted molar refractivity (Wildman–Crippen MR) is 41.0 cm³/mol. The first-order valence-corrected chi connectivity index (χ1v) is 3.57. The van der Waals surface area contributed by atoms with Gasteiger partial charge in [-0.15, -0.1) is 0 Å². The van der Waals surface area contributed by atoms with Crippen molar-refractivity contribution in [1.82, 2.24) is 0 Å². The molecule has 0 amide bonds. The van der Waals surface area contributed by atoms with Crippen LogP contribution in [0.25, 0.3) is 0 Å². The van der Waals surface area contributed by atoms with E-state index in [2.05, 4.69) is 22.4 Å². The van der Waals surface area contributed by atoms with Crippen molar-refractivity contribution in [3.63, 3.8) is 0 Å². The zero-order chi connectivity index (χ0) is 6.69. The van der Waals surface area contributed by atoms with E-state index >= 15 is 0 Å². The first-order valence-electron chi connectivity index (χ1n) is 2.77. The van der Waals surface area contributed by atoms with Gasteiger partial charge in [0, 0.05) is 10.9 Å². The van der Waals surface area contributed by atoms with E-state index in [1.54, 1.807) is 7.11 Å². The van der Waals surface area contributed by atoms with Crippen LogP contribution in [0, 0.1) is 6.42 Å². The summed E-state index contributed by atoms with van der Waals surface area (Å²) in [5.74, 6) is 0.935. The van der Waals surface area contributed by atoms with Gasteiger partial charge in [-0.1, -0.05) is 15.9 Å². The van der Waals surface area contributed by atoms with Gasteiger partial charge in [-0.2, -0.15) is 0 Å². The largest absolute Gasteiger partial charge is 0.497 e. The fourth-order valence-electron chi connectivity index (χ4n) is 0.684. The maximum atomic E-state index is 5.00. The summed E-state index contributed by atoms with van der Waals surface area (Å²) in [5, 5.41) is 0. The highest BCUT2D eigenvalue weighted by Crippen LogP contribution is 2.20. The molecule has 0 atom stereocenters. The number of halogens is 1. The number of methoxy groups -OCH3 is 1. The van der Waals surface area contributed by atoms with Crippen LogP contribution in [-0.2, 0) is 4.74 Å². The van der Waals surface area contributed by atoms with Crippen molar-refractivity contribution in [1.29, 1.82) is 0 Å². The molecule has 0 bridgehead atoms. The van der Waals surface area contributed by atoms with Crippen molar-refractivity contribution in [3.05, 3.63) is 28.8 Å². The topological polar surface area (TPSA) is 9.23 Å². The molecule has 0 spiro atoms. The van der Waals surface area contributed by atoms with Gasteiger partial charge in [0.25, 0.3) is 0 Å². The second kappa shape index (κ2) is 3.06. The minimum absolute atomic E-state index is 0.935. The Kier molecular flexibility index (Phi) is 2.34. The van der Waals surface area contributed by atoms with Gasteiger partial charge < -0.3 is 4.74 Å². The zero-order valence-electron chi connectivity index (χ0n) is 5.23. The third kappa shape index (κ3) is 1.86. The number of rotatable bonds is 1. The fraction of sp³-hybridized carbons (Fsp3) is 0.286. The fourth-order valence-corrected chi connectivity index (χ4v) is 1.10. The molecule has 1 aliphatic rings. The molecule has 0 aromatic rings. The normalized spacial score (nSPS) is 18.4. The van der Waals surface area contributed by atoms with Crippen LogP contribution in [0.3, 0.4) is 0 Å². The summed E-state index contributed by atoms with van der Waals surface area (Å²) < 4.78 is 6.10. The summed E-state index contributed by atoms with van der Waals surface area (Å²) in [6.45, 7) is 0. The molecule has 2 heteroatoms. The number of hydrogen-bond acceptors (Lipinski definition) is 1. The van der Waals surface area contributed by atoms with Crippen molar-refractivity contribution in [2.75, 3.05) is 7.11 Å². The van der Waals surface area contributed by atoms with Crippen molar-refractivity contribution in [3.8, 4) is 0 Å². The van der Waals surface area contributed by atoms with E-state index in [0.29, 0.717) is 0 Å². The van der Waals surface area contributed by atoms with E-state index in [4.69, 9.17) is 4.74 Å². The number of ether oxygens (including phenoxy) is 1. The van der Waals surface area contributed by atoms with Crippen LogP contribution in [0.5, 0.6) is 0 Å². The van der Waals surface area contributed by atoms with Crippen LogP contribution in [0.4, 0.5) is 0 Å². The quantitative estimate of drug-likeness (QED) is 0.613. The molecule has 1 nitrogen and oxygen atoms in total. The molecule has 1 aliphatic carbocycles. The van der Waals surface area contributed by atoms with Crippen molar-refractivity contribution in [2.24, 2.45) is 0 Å². The van der Waals surface area contributed by atoms with E-state index in [0.717, 1.165) is 16.7 Å². The van der Waals surface area contributed by atoms with Crippen LogP contribution in [0.1, 0.15) is 6.42 Å². The molecule has 0 saturated heterocycles. The molecule has 0 aromatic heterocycles. The highest BCUT2D eigenvalue weighted by molar-refractivity contribution is 9.11. The molecule has 0 heterocycles. The standard InChI is InChI=1S/C7H8BrO/c1-9-7-4-2-3-6(8)5-7/h3-5H,2H2,1H3. The third-order valence-corrected chi connectivity index (χ3v) is 1.70. The Bertz CT molecular complexity index is 158. The molecular formula is C7H8BrO. The molecule has 1 rings (SSSR count). The molecule has 0 fully saturated rings. The van der Waals surface area contributed by atoms with Crippen molar-refractivity contribution < 1.29 is 4.74 Å². The molecule has 0 unspecified atom stereocenters. The Morgan fingerprint density at radius 3 is 2.89 bits per heavy atom. The maximum Gasteiger partial charge on any atom is 0.115 e. The summed E-state index contributed by atoms with van der Waals surface area (Å²) in [4.78, 5) is 0. The lowest BCUT2D eigenvalue weighted by Crippen LogP contribution is -1.89. The summed E-state index contributed by atoms with van der Waals surface area (Å²) in [7, 11) is 1.67. The minimum Gasteiger partial charge on any atom is -0.497 e. The molecule has 1 radical (unpaired) electrons.